The first-order valence-corrected chi connectivity index (χ1v) is 8.69. The van der Waals surface area contributed by atoms with E-state index in [0.29, 0.717) is 5.69 Å². The molecule has 1 fully saturated rings. The first kappa shape index (κ1) is 17.7. The fourth-order valence-corrected chi connectivity index (χ4v) is 3.36. The highest BCUT2D eigenvalue weighted by atomic mass is 16.2. The summed E-state index contributed by atoms with van der Waals surface area (Å²) in [5, 5.41) is 6.73. The summed E-state index contributed by atoms with van der Waals surface area (Å²) in [6, 6.07) is 16.6. The number of carbonyl (C=O) groups excluding carboxylic acids is 4. The van der Waals surface area contributed by atoms with Crippen molar-refractivity contribution >= 4 is 51.0 Å². The molecule has 1 N–H and O–H groups in total. The smallest absolute Gasteiger partial charge is 0.325 e. The van der Waals surface area contributed by atoms with Gasteiger partial charge in [0.25, 0.3) is 11.8 Å². The summed E-state index contributed by atoms with van der Waals surface area (Å²) in [5.74, 6) is -4.02. The second kappa shape index (κ2) is 6.45. The summed E-state index contributed by atoms with van der Waals surface area (Å²) in [5.41, 5.74) is 0.468. The van der Waals surface area contributed by atoms with Crippen molar-refractivity contribution < 1.29 is 19.2 Å². The zero-order valence-corrected chi connectivity index (χ0v) is 15.3. The van der Waals surface area contributed by atoms with E-state index < -0.39 is 29.7 Å². The summed E-state index contributed by atoms with van der Waals surface area (Å²) < 4.78 is 0. The Morgan fingerprint density at radius 2 is 1.32 bits per heavy atom. The van der Waals surface area contributed by atoms with Gasteiger partial charge in [-0.1, -0.05) is 30.3 Å². The Morgan fingerprint density at radius 1 is 0.786 bits per heavy atom. The third kappa shape index (κ3) is 2.77. The Kier molecular flexibility index (Phi) is 4.07. The van der Waals surface area contributed by atoms with E-state index in [4.69, 9.17) is 0 Å². The van der Waals surface area contributed by atoms with Gasteiger partial charge in [0.05, 0.1) is 0 Å². The maximum atomic E-state index is 12.6. The molecule has 0 unspecified atom stereocenters. The van der Waals surface area contributed by atoms with Crippen molar-refractivity contribution in [2.45, 2.75) is 0 Å². The minimum atomic E-state index is -1.58. The summed E-state index contributed by atoms with van der Waals surface area (Å²) in [4.78, 5) is 50.5. The maximum absolute atomic E-state index is 12.6. The lowest BCUT2D eigenvalue weighted by Crippen LogP contribution is -2.59. The van der Waals surface area contributed by atoms with Crippen molar-refractivity contribution in [3.63, 3.8) is 0 Å². The lowest BCUT2D eigenvalue weighted by Gasteiger charge is -2.32. The third-order valence-corrected chi connectivity index (χ3v) is 4.96. The van der Waals surface area contributed by atoms with Gasteiger partial charge in [-0.15, -0.1) is 0 Å². The van der Waals surface area contributed by atoms with E-state index in [1.165, 1.54) is 14.1 Å². The van der Waals surface area contributed by atoms with Crippen LogP contribution in [0.1, 0.15) is 0 Å². The summed E-state index contributed by atoms with van der Waals surface area (Å²) in [6.07, 6.45) is 0. The van der Waals surface area contributed by atoms with Crippen LogP contribution in [-0.4, -0.2) is 47.6 Å². The topological polar surface area (TPSA) is 86.8 Å². The average Bonchev–Trinajstić information content (AvgIpc) is 2.69. The number of amides is 5. The molecule has 0 atom stereocenters. The molecule has 0 radical (unpaired) electrons. The molecule has 0 spiro atoms. The fraction of sp³-hybridized carbons (Fsp3) is 0.143. The van der Waals surface area contributed by atoms with Crippen LogP contribution in [0.5, 0.6) is 0 Å². The number of carbonyl (C=O) groups is 4. The number of urea groups is 1. The predicted octanol–water partition coefficient (Wildman–Crippen LogP) is 2.60. The number of nitrogens with zero attached hydrogens (tertiary/aromatic N) is 2. The number of barbiturate groups is 1. The van der Waals surface area contributed by atoms with Crippen molar-refractivity contribution in [2.24, 2.45) is 5.92 Å². The number of imide groups is 2. The van der Waals surface area contributed by atoms with Crippen LogP contribution < -0.4 is 5.32 Å². The molecule has 28 heavy (non-hydrogen) atoms. The number of fused-ring (bicyclic) bond motifs is 2. The molecule has 5 amide bonds. The van der Waals surface area contributed by atoms with E-state index in [-0.39, 0.29) is 0 Å². The van der Waals surface area contributed by atoms with Gasteiger partial charge in [0, 0.05) is 19.8 Å². The number of benzene rings is 3. The molecule has 1 saturated heterocycles. The first-order chi connectivity index (χ1) is 13.4. The van der Waals surface area contributed by atoms with Crippen LogP contribution in [0.25, 0.3) is 21.5 Å². The quantitative estimate of drug-likeness (QED) is 0.551. The number of hydrogen-bond acceptors (Lipinski definition) is 4. The van der Waals surface area contributed by atoms with E-state index in [1.807, 2.05) is 36.4 Å². The largest absolute Gasteiger partial charge is 0.332 e. The van der Waals surface area contributed by atoms with Crippen LogP contribution in [0.2, 0.25) is 0 Å². The second-order valence-electron chi connectivity index (χ2n) is 6.76. The van der Waals surface area contributed by atoms with E-state index in [2.05, 4.69) is 11.4 Å². The lowest BCUT2D eigenvalue weighted by molar-refractivity contribution is -0.151. The fourth-order valence-electron chi connectivity index (χ4n) is 3.36. The number of hydrogen-bond donors (Lipinski definition) is 1. The minimum Gasteiger partial charge on any atom is -0.325 e. The number of anilines is 1. The first-order valence-electron chi connectivity index (χ1n) is 8.69. The van der Waals surface area contributed by atoms with Crippen LogP contribution in [0, 0.1) is 5.92 Å². The van der Waals surface area contributed by atoms with Gasteiger partial charge in [-0.05, 0) is 45.8 Å². The average molecular weight is 375 g/mol. The van der Waals surface area contributed by atoms with Gasteiger partial charge < -0.3 is 5.32 Å². The minimum absolute atomic E-state index is 0.468. The molecule has 0 aliphatic carbocycles. The van der Waals surface area contributed by atoms with Gasteiger partial charge in [-0.25, -0.2) is 4.79 Å². The van der Waals surface area contributed by atoms with Crippen molar-refractivity contribution in [2.75, 3.05) is 19.4 Å². The molecule has 0 aromatic heterocycles. The zero-order chi connectivity index (χ0) is 20.0. The third-order valence-electron chi connectivity index (χ3n) is 4.96. The molecule has 1 aliphatic rings. The summed E-state index contributed by atoms with van der Waals surface area (Å²) >= 11 is 0. The molecule has 7 heteroatoms. The Balaban J connectivity index is 1.64. The SMILES string of the molecule is CN1C(=O)C(C(=O)Nc2ccc3cc4ccccc4cc3c2)C(=O)N(C)C1=O. The van der Waals surface area contributed by atoms with E-state index in [9.17, 15) is 19.2 Å². The van der Waals surface area contributed by atoms with Gasteiger partial charge in [0.15, 0.2) is 5.92 Å². The molecule has 1 aliphatic heterocycles. The van der Waals surface area contributed by atoms with Gasteiger partial charge in [0.1, 0.15) is 0 Å². The Bertz CT molecular complexity index is 1150. The Labute approximate surface area is 160 Å². The van der Waals surface area contributed by atoms with Crippen LogP contribution in [0.3, 0.4) is 0 Å². The molecule has 7 nitrogen and oxygen atoms in total. The highest BCUT2D eigenvalue weighted by molar-refractivity contribution is 6.28. The number of nitrogens with one attached hydrogen (secondary N) is 1. The van der Waals surface area contributed by atoms with Crippen molar-refractivity contribution in [3.05, 3.63) is 54.6 Å². The number of rotatable bonds is 2. The summed E-state index contributed by atoms with van der Waals surface area (Å²) in [6.45, 7) is 0. The molecule has 3 aromatic rings. The zero-order valence-electron chi connectivity index (χ0n) is 15.3. The van der Waals surface area contributed by atoms with Gasteiger partial charge in [-0.3, -0.25) is 24.2 Å². The molecule has 140 valence electrons. The van der Waals surface area contributed by atoms with Crippen molar-refractivity contribution in [1.29, 1.82) is 0 Å². The lowest BCUT2D eigenvalue weighted by atomic mass is 10.0. The maximum Gasteiger partial charge on any atom is 0.332 e. The molecule has 0 bridgehead atoms. The van der Waals surface area contributed by atoms with Crippen LogP contribution in [0.4, 0.5) is 10.5 Å². The van der Waals surface area contributed by atoms with Crippen LogP contribution in [-0.2, 0) is 14.4 Å². The Hall–Kier alpha value is -3.74. The molecule has 1 heterocycles. The standard InChI is InChI=1S/C21H17N3O4/c1-23-19(26)17(20(27)24(2)21(23)28)18(25)22-16-8-7-14-9-12-5-3-4-6-13(12)10-15(14)11-16/h3-11,17H,1-2H3,(H,22,25). The van der Waals surface area contributed by atoms with Gasteiger partial charge >= 0.3 is 6.03 Å². The van der Waals surface area contributed by atoms with Gasteiger partial charge in [-0.2, -0.15) is 0 Å². The molecular weight excluding hydrogens is 358 g/mol. The monoisotopic (exact) mass is 375 g/mol. The normalized spacial score (nSPS) is 15.6. The highest BCUT2D eigenvalue weighted by Crippen LogP contribution is 2.26. The predicted molar refractivity (Wildman–Crippen MR) is 105 cm³/mol. The molecule has 4 rings (SSSR count). The molecule has 0 saturated carbocycles. The Morgan fingerprint density at radius 3 is 1.93 bits per heavy atom. The second-order valence-corrected chi connectivity index (χ2v) is 6.76. The summed E-state index contributed by atoms with van der Waals surface area (Å²) in [7, 11) is 2.49. The van der Waals surface area contributed by atoms with Crippen LogP contribution in [0.15, 0.2) is 54.6 Å². The van der Waals surface area contributed by atoms with Gasteiger partial charge in [0.2, 0.25) is 5.91 Å². The van der Waals surface area contributed by atoms with Crippen LogP contribution >= 0.6 is 0 Å². The van der Waals surface area contributed by atoms with E-state index in [1.54, 1.807) is 12.1 Å². The van der Waals surface area contributed by atoms with E-state index in [0.717, 1.165) is 31.3 Å². The highest BCUT2D eigenvalue weighted by Gasteiger charge is 2.46. The van der Waals surface area contributed by atoms with Crippen molar-refractivity contribution in [1.82, 2.24) is 9.80 Å². The van der Waals surface area contributed by atoms with E-state index >= 15 is 0 Å². The molecular formula is C21H17N3O4. The van der Waals surface area contributed by atoms with Crippen molar-refractivity contribution in [3.8, 4) is 0 Å². The molecule has 3 aromatic carbocycles.